The Bertz CT molecular complexity index is 1090. The minimum atomic E-state index is -0.448. The molecule has 31 heavy (non-hydrogen) atoms. The van der Waals surface area contributed by atoms with Gasteiger partial charge in [-0.05, 0) is 49.5 Å². The maximum Gasteiger partial charge on any atom is 0.281 e. The lowest BCUT2D eigenvalue weighted by atomic mass is 10.2. The second kappa shape index (κ2) is 11.1. The Morgan fingerprint density at radius 1 is 1.03 bits per heavy atom. The Labute approximate surface area is 193 Å². The van der Waals surface area contributed by atoms with Gasteiger partial charge in [-0.25, -0.2) is 0 Å². The van der Waals surface area contributed by atoms with E-state index in [9.17, 15) is 9.59 Å². The Hall–Kier alpha value is -2.72. The second-order valence-corrected chi connectivity index (χ2v) is 8.01. The largest absolute Gasteiger partial charge is 0.491 e. The molecule has 10 heteroatoms. The average Bonchev–Trinajstić information content (AvgIpc) is 3.12. The average molecular weight is 478 g/mol. The van der Waals surface area contributed by atoms with E-state index in [0.717, 1.165) is 10.1 Å². The molecule has 0 unspecified atom stereocenters. The number of halogens is 1. The summed E-state index contributed by atoms with van der Waals surface area (Å²) < 4.78 is 11.6. The van der Waals surface area contributed by atoms with Crippen molar-refractivity contribution in [2.24, 2.45) is 0 Å². The van der Waals surface area contributed by atoms with Crippen molar-refractivity contribution in [3.63, 3.8) is 0 Å². The summed E-state index contributed by atoms with van der Waals surface area (Å²) in [5.74, 6) is -0.242. The topological polar surface area (TPSA) is 88.7 Å². The van der Waals surface area contributed by atoms with Crippen LogP contribution in [0, 0.1) is 0 Å². The van der Waals surface area contributed by atoms with Crippen LogP contribution >= 0.6 is 35.2 Å². The van der Waals surface area contributed by atoms with Gasteiger partial charge in [-0.2, -0.15) is 0 Å². The Balaban J connectivity index is 1.49. The van der Waals surface area contributed by atoms with Gasteiger partial charge in [0.1, 0.15) is 17.2 Å². The zero-order valence-corrected chi connectivity index (χ0v) is 19.0. The standard InChI is InChI=1S/C21H20ClN3O4S2/c1-2-28-11-12-29-14-9-7-13(8-10-14)19(26)23-21(30)25-24-20(27)18-17(22)15-5-3-4-6-16(15)31-18/h3-10H,2,11-12H2,1H3,(H,24,27)(H2,23,25,26,30). The number of amides is 2. The first-order valence-corrected chi connectivity index (χ1v) is 11.0. The molecule has 3 N–H and O–H groups in total. The summed E-state index contributed by atoms with van der Waals surface area (Å²) >= 11 is 12.6. The SMILES string of the molecule is CCOCCOc1ccc(C(=O)NC(=S)NNC(=O)c2sc3ccccc3c2Cl)cc1. The summed E-state index contributed by atoms with van der Waals surface area (Å²) in [6.45, 7) is 3.47. The zero-order valence-electron chi connectivity index (χ0n) is 16.6. The molecule has 1 heterocycles. The number of hydrazine groups is 1. The molecule has 2 aromatic carbocycles. The number of hydrogen-bond donors (Lipinski definition) is 3. The molecular weight excluding hydrogens is 458 g/mol. The summed E-state index contributed by atoms with van der Waals surface area (Å²) in [5.41, 5.74) is 5.35. The lowest BCUT2D eigenvalue weighted by Crippen LogP contribution is -2.48. The van der Waals surface area contributed by atoms with Crippen LogP contribution in [0.4, 0.5) is 0 Å². The molecule has 0 aliphatic carbocycles. The van der Waals surface area contributed by atoms with E-state index < -0.39 is 11.8 Å². The highest BCUT2D eigenvalue weighted by Crippen LogP contribution is 2.34. The first-order chi connectivity index (χ1) is 15.0. The van der Waals surface area contributed by atoms with E-state index in [2.05, 4.69) is 16.2 Å². The van der Waals surface area contributed by atoms with Crippen molar-refractivity contribution in [2.45, 2.75) is 6.92 Å². The lowest BCUT2D eigenvalue weighted by Gasteiger charge is -2.11. The molecular formula is C21H20ClN3O4S2. The molecule has 1 aromatic heterocycles. The van der Waals surface area contributed by atoms with E-state index in [-0.39, 0.29) is 5.11 Å². The molecule has 0 aliphatic rings. The highest BCUT2D eigenvalue weighted by Gasteiger charge is 2.17. The molecule has 3 rings (SSSR count). The maximum atomic E-state index is 12.4. The summed E-state index contributed by atoms with van der Waals surface area (Å²) in [5, 5.41) is 3.63. The fourth-order valence-corrected chi connectivity index (χ4v) is 4.16. The van der Waals surface area contributed by atoms with Crippen LogP contribution in [0.2, 0.25) is 5.02 Å². The van der Waals surface area contributed by atoms with Crippen molar-refractivity contribution in [3.05, 3.63) is 64.0 Å². The molecule has 0 aliphatic heterocycles. The van der Waals surface area contributed by atoms with Crippen LogP contribution in [0.3, 0.4) is 0 Å². The van der Waals surface area contributed by atoms with Crippen LogP contribution in [-0.4, -0.2) is 36.7 Å². The number of carbonyl (C=O) groups excluding carboxylic acids is 2. The third kappa shape index (κ3) is 6.14. The number of thiophene rings is 1. The van der Waals surface area contributed by atoms with Gasteiger partial charge in [0.05, 0.1) is 11.6 Å². The van der Waals surface area contributed by atoms with Crippen molar-refractivity contribution in [2.75, 3.05) is 19.8 Å². The van der Waals surface area contributed by atoms with Gasteiger partial charge in [0.15, 0.2) is 5.11 Å². The van der Waals surface area contributed by atoms with Crippen LogP contribution in [0.1, 0.15) is 27.0 Å². The highest BCUT2D eigenvalue weighted by atomic mass is 35.5. The summed E-state index contributed by atoms with van der Waals surface area (Å²) in [7, 11) is 0. The van der Waals surface area contributed by atoms with Gasteiger partial charge in [0.25, 0.3) is 11.8 Å². The molecule has 0 atom stereocenters. The molecule has 0 saturated carbocycles. The monoisotopic (exact) mass is 477 g/mol. The van der Waals surface area contributed by atoms with E-state index in [1.165, 1.54) is 11.3 Å². The van der Waals surface area contributed by atoms with Gasteiger partial charge in [-0.3, -0.25) is 25.8 Å². The van der Waals surface area contributed by atoms with E-state index in [0.29, 0.717) is 41.0 Å². The van der Waals surface area contributed by atoms with Crippen molar-refractivity contribution in [3.8, 4) is 5.75 Å². The van der Waals surface area contributed by atoms with E-state index in [1.807, 2.05) is 31.2 Å². The number of fused-ring (bicyclic) bond motifs is 1. The van der Waals surface area contributed by atoms with Crippen LogP contribution in [0.5, 0.6) is 5.75 Å². The predicted octanol–water partition coefficient (Wildman–Crippen LogP) is 3.92. The Kier molecular flexibility index (Phi) is 8.19. The van der Waals surface area contributed by atoms with Gasteiger partial charge >= 0.3 is 0 Å². The fourth-order valence-electron chi connectivity index (χ4n) is 2.60. The van der Waals surface area contributed by atoms with Gasteiger partial charge < -0.3 is 9.47 Å². The Morgan fingerprint density at radius 2 is 1.77 bits per heavy atom. The molecule has 3 aromatic rings. The first kappa shape index (κ1) is 23.0. The Morgan fingerprint density at radius 3 is 2.48 bits per heavy atom. The van der Waals surface area contributed by atoms with Crippen molar-refractivity contribution in [1.82, 2.24) is 16.2 Å². The number of thiocarbonyl (C=S) groups is 1. The van der Waals surface area contributed by atoms with Crippen LogP contribution in [-0.2, 0) is 4.74 Å². The molecule has 162 valence electrons. The van der Waals surface area contributed by atoms with Gasteiger partial charge in [-0.1, -0.05) is 29.8 Å². The quantitative estimate of drug-likeness (QED) is 0.271. The van der Waals surface area contributed by atoms with Crippen LogP contribution in [0.25, 0.3) is 10.1 Å². The summed E-state index contributed by atoms with van der Waals surface area (Å²) in [6.07, 6.45) is 0. The summed E-state index contributed by atoms with van der Waals surface area (Å²) in [6, 6.07) is 14.1. The number of benzene rings is 2. The fraction of sp³-hybridized carbons (Fsp3) is 0.190. The summed E-state index contributed by atoms with van der Waals surface area (Å²) in [4.78, 5) is 25.1. The van der Waals surface area contributed by atoms with Gasteiger partial charge in [0.2, 0.25) is 0 Å². The van der Waals surface area contributed by atoms with Crippen LogP contribution < -0.4 is 20.9 Å². The van der Waals surface area contributed by atoms with Crippen molar-refractivity contribution in [1.29, 1.82) is 0 Å². The molecule has 0 radical (unpaired) electrons. The van der Waals surface area contributed by atoms with Gasteiger partial charge in [-0.15, -0.1) is 11.3 Å². The number of ether oxygens (including phenoxy) is 2. The number of nitrogens with one attached hydrogen (secondary N) is 3. The normalized spacial score (nSPS) is 10.5. The van der Waals surface area contributed by atoms with Crippen molar-refractivity contribution >= 4 is 62.2 Å². The van der Waals surface area contributed by atoms with E-state index >= 15 is 0 Å². The van der Waals surface area contributed by atoms with Gasteiger partial charge in [0, 0.05) is 22.3 Å². The number of carbonyl (C=O) groups is 2. The van der Waals surface area contributed by atoms with E-state index in [4.69, 9.17) is 33.3 Å². The molecule has 2 amide bonds. The molecule has 0 saturated heterocycles. The highest BCUT2D eigenvalue weighted by molar-refractivity contribution is 7.80. The second-order valence-electron chi connectivity index (χ2n) is 6.17. The zero-order chi connectivity index (χ0) is 22.2. The number of hydrogen-bond acceptors (Lipinski definition) is 6. The van der Waals surface area contributed by atoms with E-state index in [1.54, 1.807) is 24.3 Å². The number of rotatable bonds is 7. The lowest BCUT2D eigenvalue weighted by molar-refractivity contribution is 0.0938. The van der Waals surface area contributed by atoms with Crippen LogP contribution in [0.15, 0.2) is 48.5 Å². The third-order valence-corrected chi connectivity index (χ3v) is 5.95. The first-order valence-electron chi connectivity index (χ1n) is 9.39. The molecule has 0 fully saturated rings. The van der Waals surface area contributed by atoms with Crippen molar-refractivity contribution < 1.29 is 19.1 Å². The molecule has 0 spiro atoms. The molecule has 0 bridgehead atoms. The third-order valence-electron chi connectivity index (χ3n) is 4.07. The minimum Gasteiger partial charge on any atom is -0.491 e. The predicted molar refractivity (Wildman–Crippen MR) is 126 cm³/mol. The maximum absolute atomic E-state index is 12.4. The minimum absolute atomic E-state index is 0.0485. The smallest absolute Gasteiger partial charge is 0.281 e. The molecule has 7 nitrogen and oxygen atoms in total.